The van der Waals surface area contributed by atoms with Gasteiger partial charge in [0.1, 0.15) is 12.4 Å². The highest BCUT2D eigenvalue weighted by atomic mass is 16.5. The number of aromatic nitrogens is 4. The van der Waals surface area contributed by atoms with Crippen molar-refractivity contribution in [2.24, 2.45) is 0 Å². The van der Waals surface area contributed by atoms with Crippen molar-refractivity contribution in [3.8, 4) is 34.0 Å². The summed E-state index contributed by atoms with van der Waals surface area (Å²) in [7, 11) is 1.65. The maximum absolute atomic E-state index is 5.93. The second-order valence-electron chi connectivity index (χ2n) is 5.92. The van der Waals surface area contributed by atoms with Crippen LogP contribution in [0.4, 0.5) is 0 Å². The highest BCUT2D eigenvalue weighted by Crippen LogP contribution is 2.28. The fraction of sp³-hybridized carbons (Fsp3) is 0.0952. The maximum Gasteiger partial charge on any atom is 0.217 e. The normalized spacial score (nSPS) is 10.6. The summed E-state index contributed by atoms with van der Waals surface area (Å²) in [5, 5.41) is 7.00. The molecule has 0 atom stereocenters. The molecule has 3 heterocycles. The van der Waals surface area contributed by atoms with Gasteiger partial charge in [0.15, 0.2) is 0 Å². The summed E-state index contributed by atoms with van der Waals surface area (Å²) in [5.74, 6) is 1.43. The molecule has 0 saturated heterocycles. The zero-order chi connectivity index (χ0) is 18.5. The average molecular weight is 358 g/mol. The van der Waals surface area contributed by atoms with E-state index < -0.39 is 0 Å². The van der Waals surface area contributed by atoms with Crippen molar-refractivity contribution in [1.82, 2.24) is 20.2 Å². The van der Waals surface area contributed by atoms with Crippen molar-refractivity contribution in [2.45, 2.75) is 6.61 Å². The van der Waals surface area contributed by atoms with Crippen molar-refractivity contribution in [2.75, 3.05) is 7.11 Å². The van der Waals surface area contributed by atoms with Gasteiger partial charge in [-0.25, -0.2) is 5.10 Å². The molecular formula is C21H18N4O2. The first kappa shape index (κ1) is 16.8. The molecule has 4 rings (SSSR count). The van der Waals surface area contributed by atoms with Gasteiger partial charge in [-0.3, -0.25) is 9.97 Å². The first-order valence-corrected chi connectivity index (χ1v) is 8.49. The lowest BCUT2D eigenvalue weighted by molar-refractivity contribution is 0.294. The van der Waals surface area contributed by atoms with E-state index >= 15 is 0 Å². The number of aromatic amines is 1. The molecule has 27 heavy (non-hydrogen) atoms. The molecule has 1 N–H and O–H groups in total. The molecule has 0 spiro atoms. The molecular weight excluding hydrogens is 340 g/mol. The summed E-state index contributed by atoms with van der Waals surface area (Å²) in [6.07, 6.45) is 6.99. The fourth-order valence-corrected chi connectivity index (χ4v) is 2.74. The Morgan fingerprint density at radius 3 is 2.52 bits per heavy atom. The molecule has 134 valence electrons. The van der Waals surface area contributed by atoms with E-state index in [-0.39, 0.29) is 0 Å². The van der Waals surface area contributed by atoms with Gasteiger partial charge in [-0.05, 0) is 29.3 Å². The average Bonchev–Trinajstić information content (AvgIpc) is 3.22. The number of pyridine rings is 2. The Labute approximate surface area is 156 Å². The second kappa shape index (κ2) is 7.70. The van der Waals surface area contributed by atoms with Gasteiger partial charge in [-0.1, -0.05) is 24.3 Å². The van der Waals surface area contributed by atoms with Gasteiger partial charge in [0.25, 0.3) is 0 Å². The number of nitrogens with zero attached hydrogens (tertiary/aromatic N) is 3. The molecule has 1 aromatic carbocycles. The molecule has 0 amide bonds. The first-order valence-electron chi connectivity index (χ1n) is 8.49. The van der Waals surface area contributed by atoms with E-state index in [1.165, 1.54) is 0 Å². The Morgan fingerprint density at radius 1 is 0.926 bits per heavy atom. The number of H-pyrrole nitrogens is 1. The lowest BCUT2D eigenvalue weighted by Crippen LogP contribution is -1.97. The molecule has 0 saturated carbocycles. The van der Waals surface area contributed by atoms with Gasteiger partial charge in [-0.2, -0.15) is 5.10 Å². The topological polar surface area (TPSA) is 72.9 Å². The molecule has 0 aliphatic carbocycles. The van der Waals surface area contributed by atoms with Crippen LogP contribution < -0.4 is 9.47 Å². The van der Waals surface area contributed by atoms with E-state index in [9.17, 15) is 0 Å². The summed E-state index contributed by atoms with van der Waals surface area (Å²) in [4.78, 5) is 8.43. The smallest absolute Gasteiger partial charge is 0.217 e. The lowest BCUT2D eigenvalue weighted by Gasteiger charge is -2.08. The minimum atomic E-state index is 0.437. The number of nitrogens with one attached hydrogen (secondary N) is 1. The molecule has 6 nitrogen and oxygen atoms in total. The van der Waals surface area contributed by atoms with Crippen LogP contribution in [0.3, 0.4) is 0 Å². The molecule has 0 fully saturated rings. The second-order valence-corrected chi connectivity index (χ2v) is 5.92. The standard InChI is InChI=1S/C21H18N4O2/c1-26-18-8-11-23-20(12-18)17-4-2-15(3-5-17)14-27-21-19(13-24-25-21)16-6-9-22-10-7-16/h2-13H,14H2,1H3,(H,24,25). The number of hydrogen-bond acceptors (Lipinski definition) is 5. The van der Waals surface area contributed by atoms with Crippen LogP contribution >= 0.6 is 0 Å². The Balaban J connectivity index is 1.46. The Morgan fingerprint density at radius 2 is 1.74 bits per heavy atom. The van der Waals surface area contributed by atoms with Gasteiger partial charge in [0.05, 0.1) is 24.6 Å². The Bertz CT molecular complexity index is 1010. The zero-order valence-electron chi connectivity index (χ0n) is 14.8. The minimum absolute atomic E-state index is 0.437. The van der Waals surface area contributed by atoms with Crippen molar-refractivity contribution in [3.63, 3.8) is 0 Å². The summed E-state index contributed by atoms with van der Waals surface area (Å²) >= 11 is 0. The molecule has 6 heteroatoms. The molecule has 0 aliphatic heterocycles. The Kier molecular flexibility index (Phi) is 4.78. The van der Waals surface area contributed by atoms with Gasteiger partial charge < -0.3 is 9.47 Å². The molecule has 0 radical (unpaired) electrons. The number of ether oxygens (including phenoxy) is 2. The van der Waals surface area contributed by atoms with Crippen molar-refractivity contribution in [1.29, 1.82) is 0 Å². The van der Waals surface area contributed by atoms with E-state index in [4.69, 9.17) is 9.47 Å². The largest absolute Gasteiger partial charge is 0.497 e. The molecule has 0 bridgehead atoms. The summed E-state index contributed by atoms with van der Waals surface area (Å²) in [5.41, 5.74) is 4.87. The molecule has 0 aliphatic rings. The highest BCUT2D eigenvalue weighted by Gasteiger charge is 2.09. The molecule has 4 aromatic rings. The van der Waals surface area contributed by atoms with Gasteiger partial charge >= 0.3 is 0 Å². The third-order valence-electron chi connectivity index (χ3n) is 4.20. The Hall–Kier alpha value is -3.67. The highest BCUT2D eigenvalue weighted by molar-refractivity contribution is 5.67. The number of rotatable bonds is 6. The van der Waals surface area contributed by atoms with E-state index in [0.29, 0.717) is 12.5 Å². The van der Waals surface area contributed by atoms with E-state index in [0.717, 1.165) is 33.7 Å². The van der Waals surface area contributed by atoms with Crippen molar-refractivity contribution < 1.29 is 9.47 Å². The minimum Gasteiger partial charge on any atom is -0.497 e. The van der Waals surface area contributed by atoms with Gasteiger partial charge in [0, 0.05) is 30.2 Å². The van der Waals surface area contributed by atoms with Crippen molar-refractivity contribution >= 4 is 0 Å². The number of hydrogen-bond donors (Lipinski definition) is 1. The van der Waals surface area contributed by atoms with Crippen LogP contribution in [0.2, 0.25) is 0 Å². The zero-order valence-corrected chi connectivity index (χ0v) is 14.8. The molecule has 3 aromatic heterocycles. The number of methoxy groups -OCH3 is 1. The van der Waals surface area contributed by atoms with Crippen LogP contribution in [-0.4, -0.2) is 27.3 Å². The summed E-state index contributed by atoms with van der Waals surface area (Å²) in [6, 6.07) is 15.7. The van der Waals surface area contributed by atoms with Crippen LogP contribution in [0, 0.1) is 0 Å². The van der Waals surface area contributed by atoms with Gasteiger partial charge in [0.2, 0.25) is 5.88 Å². The monoisotopic (exact) mass is 358 g/mol. The van der Waals surface area contributed by atoms with E-state index in [1.807, 2.05) is 48.5 Å². The van der Waals surface area contributed by atoms with Crippen LogP contribution in [0.1, 0.15) is 5.56 Å². The first-order chi connectivity index (χ1) is 13.3. The maximum atomic E-state index is 5.93. The fourth-order valence-electron chi connectivity index (χ4n) is 2.74. The van der Waals surface area contributed by atoms with E-state index in [1.54, 1.807) is 31.9 Å². The lowest BCUT2D eigenvalue weighted by atomic mass is 10.1. The summed E-state index contributed by atoms with van der Waals surface area (Å²) in [6.45, 7) is 0.437. The van der Waals surface area contributed by atoms with Crippen LogP contribution in [0.25, 0.3) is 22.4 Å². The van der Waals surface area contributed by atoms with Crippen LogP contribution in [0.5, 0.6) is 11.6 Å². The van der Waals surface area contributed by atoms with E-state index in [2.05, 4.69) is 20.2 Å². The quantitative estimate of drug-likeness (QED) is 0.561. The molecule has 0 unspecified atom stereocenters. The predicted octanol–water partition coefficient (Wildman–Crippen LogP) is 4.12. The van der Waals surface area contributed by atoms with Crippen LogP contribution in [-0.2, 0) is 6.61 Å². The van der Waals surface area contributed by atoms with Crippen LogP contribution in [0.15, 0.2) is 73.3 Å². The third kappa shape index (κ3) is 3.79. The predicted molar refractivity (Wildman–Crippen MR) is 102 cm³/mol. The number of benzene rings is 1. The summed E-state index contributed by atoms with van der Waals surface area (Å²) < 4.78 is 11.2. The third-order valence-corrected chi connectivity index (χ3v) is 4.20. The SMILES string of the molecule is COc1ccnc(-c2ccc(COc3[nH]ncc3-c3ccncc3)cc2)c1. The van der Waals surface area contributed by atoms with Crippen molar-refractivity contribution in [3.05, 3.63) is 78.9 Å². The van der Waals surface area contributed by atoms with Gasteiger partial charge in [-0.15, -0.1) is 0 Å².